The summed E-state index contributed by atoms with van der Waals surface area (Å²) in [4.78, 5) is 36.9. The second kappa shape index (κ2) is 6.52. The fourth-order valence-electron chi connectivity index (χ4n) is 2.62. The molecule has 124 valence electrons. The number of para-hydroxylation sites is 1. The van der Waals surface area contributed by atoms with Crippen LogP contribution in [0.1, 0.15) is 12.5 Å². The van der Waals surface area contributed by atoms with Gasteiger partial charge in [0.2, 0.25) is 0 Å². The monoisotopic (exact) mass is 344 g/mol. The van der Waals surface area contributed by atoms with Gasteiger partial charge in [0.25, 0.3) is 11.1 Å². The largest absolute Gasteiger partial charge is 0.468 e. The van der Waals surface area contributed by atoms with Crippen molar-refractivity contribution in [3.63, 3.8) is 0 Å². The number of benzene rings is 1. The molecule has 6 nitrogen and oxygen atoms in total. The summed E-state index contributed by atoms with van der Waals surface area (Å²) in [6.07, 6.45) is 3.66. The van der Waals surface area contributed by atoms with Gasteiger partial charge in [-0.05, 0) is 30.8 Å². The molecule has 3 rings (SSSR count). The minimum absolute atomic E-state index is 0.308. The molecule has 0 radical (unpaired) electrons. The molecule has 2 heterocycles. The molecular formula is C17H16N2O4S. The van der Waals surface area contributed by atoms with Gasteiger partial charge in [0.15, 0.2) is 0 Å². The Kier molecular flexibility index (Phi) is 4.44. The molecule has 0 N–H and O–H groups in total. The van der Waals surface area contributed by atoms with E-state index in [0.717, 1.165) is 39.7 Å². The van der Waals surface area contributed by atoms with Crippen molar-refractivity contribution in [2.24, 2.45) is 0 Å². The van der Waals surface area contributed by atoms with Crippen LogP contribution in [-0.2, 0) is 20.9 Å². The van der Waals surface area contributed by atoms with Gasteiger partial charge < -0.3 is 9.30 Å². The molecule has 1 aliphatic rings. The molecule has 24 heavy (non-hydrogen) atoms. The Labute approximate surface area is 143 Å². The van der Waals surface area contributed by atoms with Crippen LogP contribution < -0.4 is 0 Å². The Bertz CT molecular complexity index is 869. The number of aromatic nitrogens is 1. The SMILES string of the molecule is CCn1cc(/C=C2\SC(=O)N(CC(=O)OC)C2=O)c2ccccc21. The number of esters is 1. The average molecular weight is 344 g/mol. The first-order chi connectivity index (χ1) is 11.5. The zero-order chi connectivity index (χ0) is 17.3. The molecule has 0 aliphatic carbocycles. The van der Waals surface area contributed by atoms with Crippen molar-refractivity contribution in [1.29, 1.82) is 0 Å². The van der Waals surface area contributed by atoms with Gasteiger partial charge in [-0.15, -0.1) is 0 Å². The normalized spacial score (nSPS) is 16.4. The van der Waals surface area contributed by atoms with E-state index in [1.54, 1.807) is 6.08 Å². The molecule has 0 unspecified atom stereocenters. The molecule has 2 amide bonds. The maximum Gasteiger partial charge on any atom is 0.325 e. The number of methoxy groups -OCH3 is 1. The molecule has 7 heteroatoms. The van der Waals surface area contributed by atoms with Crippen molar-refractivity contribution in [3.05, 3.63) is 40.9 Å². The van der Waals surface area contributed by atoms with Gasteiger partial charge in [0, 0.05) is 29.2 Å². The summed E-state index contributed by atoms with van der Waals surface area (Å²) in [5, 5.41) is 0.551. The lowest BCUT2D eigenvalue weighted by Crippen LogP contribution is -2.34. The number of amides is 2. The maximum atomic E-state index is 12.4. The summed E-state index contributed by atoms with van der Waals surface area (Å²) in [5.41, 5.74) is 1.94. The van der Waals surface area contributed by atoms with E-state index in [0.29, 0.717) is 4.91 Å². The number of thioether (sulfide) groups is 1. The Morgan fingerprint density at radius 1 is 1.29 bits per heavy atom. The standard InChI is InChI=1S/C17H16N2O4S/c1-3-18-9-11(12-6-4-5-7-13(12)18)8-14-16(21)19(17(22)24-14)10-15(20)23-2/h4-9H,3,10H2,1-2H3/b14-8-. The van der Waals surface area contributed by atoms with E-state index in [1.807, 2.05) is 37.4 Å². The molecule has 1 fully saturated rings. The minimum Gasteiger partial charge on any atom is -0.468 e. The fraction of sp³-hybridized carbons (Fsp3) is 0.235. The lowest BCUT2D eigenvalue weighted by Gasteiger charge is -2.09. The Morgan fingerprint density at radius 2 is 2.04 bits per heavy atom. The quantitative estimate of drug-likeness (QED) is 0.630. The molecule has 0 bridgehead atoms. The fourth-order valence-corrected chi connectivity index (χ4v) is 3.45. The smallest absolute Gasteiger partial charge is 0.325 e. The van der Waals surface area contributed by atoms with E-state index in [9.17, 15) is 14.4 Å². The molecule has 0 saturated carbocycles. The van der Waals surface area contributed by atoms with Crippen LogP contribution in [0.5, 0.6) is 0 Å². The Morgan fingerprint density at radius 3 is 2.75 bits per heavy atom. The van der Waals surface area contributed by atoms with Crippen LogP contribution >= 0.6 is 11.8 Å². The van der Waals surface area contributed by atoms with E-state index in [-0.39, 0.29) is 6.54 Å². The first kappa shape index (κ1) is 16.3. The Hall–Kier alpha value is -2.54. The van der Waals surface area contributed by atoms with E-state index >= 15 is 0 Å². The summed E-state index contributed by atoms with van der Waals surface area (Å²) in [5.74, 6) is -1.09. The van der Waals surface area contributed by atoms with Gasteiger partial charge in [-0.25, -0.2) is 0 Å². The number of nitrogens with zero attached hydrogens (tertiary/aromatic N) is 2. The number of imide groups is 1. The molecule has 0 spiro atoms. The Balaban J connectivity index is 1.97. The number of rotatable bonds is 4. The highest BCUT2D eigenvalue weighted by Gasteiger charge is 2.36. The van der Waals surface area contributed by atoms with E-state index in [1.165, 1.54) is 7.11 Å². The second-order valence-corrected chi connectivity index (χ2v) is 6.22. The molecule has 1 aromatic carbocycles. The molecular weight excluding hydrogens is 328 g/mol. The number of hydrogen-bond donors (Lipinski definition) is 0. The highest BCUT2D eigenvalue weighted by atomic mass is 32.2. The molecule has 0 atom stereocenters. The van der Waals surface area contributed by atoms with Gasteiger partial charge in [-0.3, -0.25) is 19.3 Å². The summed E-state index contributed by atoms with van der Waals surface area (Å²) in [6.45, 7) is 2.48. The minimum atomic E-state index is -0.624. The number of carbonyl (C=O) groups excluding carboxylic acids is 3. The molecule has 1 saturated heterocycles. The van der Waals surface area contributed by atoms with Gasteiger partial charge in [0.1, 0.15) is 6.54 Å². The number of aryl methyl sites for hydroxylation is 1. The van der Waals surface area contributed by atoms with Crippen molar-refractivity contribution >= 4 is 45.9 Å². The van der Waals surface area contributed by atoms with Crippen LogP contribution in [0.2, 0.25) is 0 Å². The van der Waals surface area contributed by atoms with Crippen LogP contribution in [0, 0.1) is 0 Å². The molecule has 2 aromatic rings. The van der Waals surface area contributed by atoms with Crippen molar-refractivity contribution in [3.8, 4) is 0 Å². The maximum absolute atomic E-state index is 12.4. The summed E-state index contributed by atoms with van der Waals surface area (Å²) < 4.78 is 6.60. The van der Waals surface area contributed by atoms with Crippen molar-refractivity contribution in [2.45, 2.75) is 13.5 Å². The van der Waals surface area contributed by atoms with Crippen LogP contribution in [-0.4, -0.2) is 40.2 Å². The molecule has 1 aliphatic heterocycles. The third kappa shape index (κ3) is 2.82. The van der Waals surface area contributed by atoms with Crippen LogP contribution in [0.15, 0.2) is 35.4 Å². The van der Waals surface area contributed by atoms with Crippen LogP contribution in [0.4, 0.5) is 4.79 Å². The topological polar surface area (TPSA) is 68.6 Å². The van der Waals surface area contributed by atoms with Crippen molar-refractivity contribution in [2.75, 3.05) is 13.7 Å². The number of fused-ring (bicyclic) bond motifs is 1. The summed E-state index contributed by atoms with van der Waals surface area (Å²) >= 11 is 0.836. The molecule has 1 aromatic heterocycles. The third-order valence-corrected chi connectivity index (χ3v) is 4.74. The average Bonchev–Trinajstić information content (AvgIpc) is 3.07. The number of hydrogen-bond acceptors (Lipinski definition) is 5. The number of carbonyl (C=O) groups is 3. The van der Waals surface area contributed by atoms with Gasteiger partial charge in [0.05, 0.1) is 12.0 Å². The van der Waals surface area contributed by atoms with E-state index in [2.05, 4.69) is 9.30 Å². The highest BCUT2D eigenvalue weighted by molar-refractivity contribution is 8.18. The van der Waals surface area contributed by atoms with Crippen LogP contribution in [0.3, 0.4) is 0 Å². The zero-order valence-corrected chi connectivity index (χ0v) is 14.1. The first-order valence-corrected chi connectivity index (χ1v) is 8.27. The summed E-state index contributed by atoms with van der Waals surface area (Å²) in [6, 6.07) is 7.89. The van der Waals surface area contributed by atoms with E-state index < -0.39 is 17.1 Å². The predicted octanol–water partition coefficient (Wildman–Crippen LogP) is 2.87. The number of ether oxygens (including phenoxy) is 1. The van der Waals surface area contributed by atoms with Crippen molar-refractivity contribution in [1.82, 2.24) is 9.47 Å². The van der Waals surface area contributed by atoms with Gasteiger partial charge >= 0.3 is 5.97 Å². The lowest BCUT2D eigenvalue weighted by atomic mass is 10.1. The van der Waals surface area contributed by atoms with Crippen molar-refractivity contribution < 1.29 is 19.1 Å². The highest BCUT2D eigenvalue weighted by Crippen LogP contribution is 2.34. The summed E-state index contributed by atoms with van der Waals surface area (Å²) in [7, 11) is 1.22. The van der Waals surface area contributed by atoms with E-state index in [4.69, 9.17) is 0 Å². The third-order valence-electron chi connectivity index (χ3n) is 3.84. The van der Waals surface area contributed by atoms with Gasteiger partial charge in [-0.1, -0.05) is 18.2 Å². The van der Waals surface area contributed by atoms with Gasteiger partial charge in [-0.2, -0.15) is 0 Å². The first-order valence-electron chi connectivity index (χ1n) is 7.45. The zero-order valence-electron chi connectivity index (χ0n) is 13.3. The lowest BCUT2D eigenvalue weighted by molar-refractivity contribution is -0.143. The predicted molar refractivity (Wildman–Crippen MR) is 92.3 cm³/mol. The van der Waals surface area contributed by atoms with Crippen LogP contribution in [0.25, 0.3) is 17.0 Å². The second-order valence-electron chi connectivity index (χ2n) is 5.23.